The molecule has 0 fully saturated rings. The van der Waals surface area contributed by atoms with Crippen LogP contribution >= 0.6 is 7.60 Å². The third kappa shape index (κ3) is 4.48. The van der Waals surface area contributed by atoms with E-state index in [1.807, 2.05) is 11.5 Å². The van der Waals surface area contributed by atoms with E-state index in [0.29, 0.717) is 36.7 Å². The summed E-state index contributed by atoms with van der Waals surface area (Å²) in [6.45, 7) is 6.44. The highest BCUT2D eigenvalue weighted by atomic mass is 31.2. The summed E-state index contributed by atoms with van der Waals surface area (Å²) in [5.41, 5.74) is 7.04. The largest absolute Gasteiger partial charge is 0.382 e. The number of nitrogens with two attached hydrogens (primary N) is 1. The van der Waals surface area contributed by atoms with Crippen molar-refractivity contribution in [1.29, 1.82) is 0 Å². The number of aromatic nitrogens is 4. The van der Waals surface area contributed by atoms with Gasteiger partial charge < -0.3 is 24.1 Å². The second-order valence-corrected chi connectivity index (χ2v) is 6.88. The molecule has 0 radical (unpaired) electrons. The van der Waals surface area contributed by atoms with Gasteiger partial charge in [0.05, 0.1) is 32.2 Å². The zero-order chi connectivity index (χ0) is 16.9. The van der Waals surface area contributed by atoms with Crippen LogP contribution < -0.4 is 5.73 Å². The van der Waals surface area contributed by atoms with Gasteiger partial charge in [0.1, 0.15) is 18.2 Å². The summed E-state index contributed by atoms with van der Waals surface area (Å²) in [4.78, 5) is 12.2. The van der Waals surface area contributed by atoms with E-state index in [0.717, 1.165) is 0 Å². The van der Waals surface area contributed by atoms with Gasteiger partial charge in [0.25, 0.3) is 0 Å². The van der Waals surface area contributed by atoms with E-state index in [9.17, 15) is 4.57 Å². The molecule has 2 N–H and O–H groups in total. The lowest BCUT2D eigenvalue weighted by molar-refractivity contribution is 0.0673. The molecule has 128 valence electrons. The van der Waals surface area contributed by atoms with Crippen molar-refractivity contribution < 1.29 is 18.3 Å². The van der Waals surface area contributed by atoms with Gasteiger partial charge >= 0.3 is 7.60 Å². The van der Waals surface area contributed by atoms with E-state index in [4.69, 9.17) is 19.5 Å². The highest BCUT2D eigenvalue weighted by Crippen LogP contribution is 2.48. The Hall–Kier alpha value is -1.54. The molecule has 0 aromatic carbocycles. The van der Waals surface area contributed by atoms with Crippen LogP contribution in [0.5, 0.6) is 0 Å². The molecule has 0 aliphatic rings. The van der Waals surface area contributed by atoms with Gasteiger partial charge in [-0.1, -0.05) is 0 Å². The first-order chi connectivity index (χ1) is 11.0. The molecule has 0 amide bonds. The van der Waals surface area contributed by atoms with Crippen LogP contribution in [0.15, 0.2) is 12.7 Å². The molecular formula is C13H22N5O4P. The molecule has 0 aliphatic carbocycles. The van der Waals surface area contributed by atoms with Crippen molar-refractivity contribution >= 4 is 24.6 Å². The van der Waals surface area contributed by atoms with Crippen molar-refractivity contribution in [1.82, 2.24) is 19.5 Å². The molecule has 2 aromatic rings. The maximum absolute atomic E-state index is 12.4. The fraction of sp³-hybridized carbons (Fsp3) is 0.615. The predicted molar refractivity (Wildman–Crippen MR) is 86.0 cm³/mol. The van der Waals surface area contributed by atoms with E-state index in [-0.39, 0.29) is 12.5 Å². The molecule has 0 spiro atoms. The normalized spacial score (nSPS) is 13.5. The van der Waals surface area contributed by atoms with Crippen LogP contribution in [0.3, 0.4) is 0 Å². The molecule has 0 unspecified atom stereocenters. The van der Waals surface area contributed by atoms with Crippen LogP contribution in [0.2, 0.25) is 0 Å². The van der Waals surface area contributed by atoms with Gasteiger partial charge in [0.15, 0.2) is 11.5 Å². The number of nitrogen functional groups attached to an aromatic ring is 1. The van der Waals surface area contributed by atoms with Gasteiger partial charge in [-0.2, -0.15) is 0 Å². The lowest BCUT2D eigenvalue weighted by Crippen LogP contribution is -2.18. The third-order valence-electron chi connectivity index (χ3n) is 3.06. The predicted octanol–water partition coefficient (Wildman–Crippen LogP) is 2.04. The van der Waals surface area contributed by atoms with Crippen molar-refractivity contribution in [2.45, 2.75) is 33.4 Å². The first-order valence-corrected chi connectivity index (χ1v) is 9.13. The van der Waals surface area contributed by atoms with E-state index >= 15 is 0 Å². The Kier molecular flexibility index (Phi) is 6.06. The van der Waals surface area contributed by atoms with Gasteiger partial charge in [-0.25, -0.2) is 15.0 Å². The van der Waals surface area contributed by atoms with Crippen molar-refractivity contribution in [2.75, 3.05) is 25.3 Å². The summed E-state index contributed by atoms with van der Waals surface area (Å²) in [5, 5.41) is 0. The molecule has 2 rings (SSSR count). The maximum atomic E-state index is 12.4. The summed E-state index contributed by atoms with van der Waals surface area (Å²) >= 11 is 0. The summed E-state index contributed by atoms with van der Waals surface area (Å²) in [5.74, 6) is 0.356. The average Bonchev–Trinajstić information content (AvgIpc) is 2.90. The lowest BCUT2D eigenvalue weighted by Gasteiger charge is -2.20. The van der Waals surface area contributed by atoms with Crippen molar-refractivity contribution in [2.24, 2.45) is 0 Å². The van der Waals surface area contributed by atoms with Crippen LogP contribution in [-0.2, 0) is 24.9 Å². The van der Waals surface area contributed by atoms with E-state index in [2.05, 4.69) is 15.0 Å². The van der Waals surface area contributed by atoms with Crippen LogP contribution in [0.1, 0.15) is 20.8 Å². The number of fused-ring (bicyclic) bond motifs is 1. The summed E-state index contributed by atoms with van der Waals surface area (Å²) in [6, 6.07) is 0. The van der Waals surface area contributed by atoms with Gasteiger partial charge in [-0.3, -0.25) is 4.57 Å². The Morgan fingerprint density at radius 3 is 2.61 bits per heavy atom. The molecule has 10 heteroatoms. The smallest absolute Gasteiger partial charge is 0.356 e. The lowest BCUT2D eigenvalue weighted by atomic mass is 10.4. The highest BCUT2D eigenvalue weighted by molar-refractivity contribution is 7.53. The fourth-order valence-electron chi connectivity index (χ4n) is 2.13. The minimum atomic E-state index is -3.22. The maximum Gasteiger partial charge on any atom is 0.356 e. The van der Waals surface area contributed by atoms with Crippen LogP contribution in [-0.4, -0.2) is 45.2 Å². The van der Waals surface area contributed by atoms with Gasteiger partial charge in [-0.05, 0) is 20.8 Å². The molecule has 0 saturated heterocycles. The Morgan fingerprint density at radius 2 is 1.96 bits per heavy atom. The standard InChI is InChI=1S/C13H22N5O4P/c1-4-21-23(19,22-5-2)9-20-10(3)6-18-8-17-13-11(18)12(14)15-7-16-13/h7-8,10H,4-6,9H2,1-3H3,(H2,14,15,16)/t10-/m1/s1. The molecule has 2 aromatic heterocycles. The average molecular weight is 343 g/mol. The Morgan fingerprint density at radius 1 is 1.26 bits per heavy atom. The molecule has 0 bridgehead atoms. The third-order valence-corrected chi connectivity index (χ3v) is 4.83. The first-order valence-electron chi connectivity index (χ1n) is 7.40. The van der Waals surface area contributed by atoms with E-state index in [1.165, 1.54) is 6.33 Å². The molecule has 1 atom stereocenters. The van der Waals surface area contributed by atoms with Crippen LogP contribution in [0.4, 0.5) is 5.82 Å². The topological polar surface area (TPSA) is 114 Å². The molecule has 9 nitrogen and oxygen atoms in total. The fourth-order valence-corrected chi connectivity index (χ4v) is 3.57. The van der Waals surface area contributed by atoms with E-state index in [1.54, 1.807) is 20.2 Å². The SMILES string of the molecule is CCOP(=O)(CO[C@H](C)Cn1cnc2ncnc(N)c21)OCC. The second kappa shape index (κ2) is 7.83. The molecule has 0 aliphatic heterocycles. The minimum Gasteiger partial charge on any atom is -0.382 e. The molecule has 2 heterocycles. The van der Waals surface area contributed by atoms with Crippen molar-refractivity contribution in [3.05, 3.63) is 12.7 Å². The molecule has 0 saturated carbocycles. The quantitative estimate of drug-likeness (QED) is 0.688. The van der Waals surface area contributed by atoms with Gasteiger partial charge in [-0.15, -0.1) is 0 Å². The monoisotopic (exact) mass is 343 g/mol. The Balaban J connectivity index is 2.01. The van der Waals surface area contributed by atoms with Gasteiger partial charge in [0, 0.05) is 0 Å². The number of ether oxygens (including phenoxy) is 1. The van der Waals surface area contributed by atoms with Crippen LogP contribution in [0, 0.1) is 0 Å². The molecule has 23 heavy (non-hydrogen) atoms. The van der Waals surface area contributed by atoms with E-state index < -0.39 is 7.60 Å². The first kappa shape index (κ1) is 17.8. The van der Waals surface area contributed by atoms with Crippen molar-refractivity contribution in [3.8, 4) is 0 Å². The number of rotatable bonds is 9. The summed E-state index contributed by atoms with van der Waals surface area (Å²) < 4.78 is 30.2. The summed E-state index contributed by atoms with van der Waals surface area (Å²) in [6.07, 6.45) is 2.64. The minimum absolute atomic E-state index is 0.103. The Bertz CT molecular complexity index is 682. The summed E-state index contributed by atoms with van der Waals surface area (Å²) in [7, 11) is -3.22. The number of hydrogen-bond donors (Lipinski definition) is 1. The number of imidazole rings is 1. The molecular weight excluding hydrogens is 321 g/mol. The van der Waals surface area contributed by atoms with Crippen molar-refractivity contribution in [3.63, 3.8) is 0 Å². The van der Waals surface area contributed by atoms with Crippen LogP contribution in [0.25, 0.3) is 11.2 Å². The zero-order valence-electron chi connectivity index (χ0n) is 13.5. The number of nitrogens with zero attached hydrogens (tertiary/aromatic N) is 4. The zero-order valence-corrected chi connectivity index (χ0v) is 14.4. The highest BCUT2D eigenvalue weighted by Gasteiger charge is 2.25. The number of anilines is 1. The Labute approximate surface area is 134 Å². The second-order valence-electron chi connectivity index (χ2n) is 4.88. The number of hydrogen-bond acceptors (Lipinski definition) is 8. The van der Waals surface area contributed by atoms with Gasteiger partial charge in [0.2, 0.25) is 0 Å².